The smallest absolute Gasteiger partial charge is 0.165 e. The summed E-state index contributed by atoms with van der Waals surface area (Å²) in [6, 6.07) is 1.85. The molecule has 1 aliphatic rings. The maximum atomic E-state index is 6.27. The molecule has 19 heterocycles. The highest BCUT2D eigenvalue weighted by atomic mass is 79.9. The Bertz CT molecular complexity index is 6870. The van der Waals surface area contributed by atoms with E-state index in [2.05, 4.69) is 161 Å². The Morgan fingerprint density at radius 3 is 0.945 bits per heavy atom. The van der Waals surface area contributed by atoms with Crippen LogP contribution in [0.5, 0.6) is 0 Å². The Morgan fingerprint density at radius 2 is 0.638 bits per heavy atom. The third-order valence-electron chi connectivity index (χ3n) is 20.8. The molecule has 0 spiro atoms. The fraction of sp³-hybridized carbons (Fsp3) is 0.325. The molecule has 0 aliphatic carbocycles. The van der Waals surface area contributed by atoms with Crippen molar-refractivity contribution >= 4 is 148 Å². The topological polar surface area (TPSA) is 586 Å². The number of nitrogens with zero attached hydrogens (tertiary/aromatic N) is 30. The first-order valence-electron chi connectivity index (χ1n) is 40.6. The molecule has 1 fully saturated rings. The molecular weight excluding hydrogens is 1950 g/mol. The van der Waals surface area contributed by atoms with Crippen molar-refractivity contribution < 1.29 is 0 Å². The number of halogens is 5. The van der Waals surface area contributed by atoms with E-state index in [1.165, 1.54) is 6.42 Å². The van der Waals surface area contributed by atoms with Crippen LogP contribution in [0.15, 0.2) is 140 Å². The van der Waals surface area contributed by atoms with Gasteiger partial charge in [-0.2, -0.15) is 88.3 Å². The lowest BCUT2D eigenvalue weighted by Gasteiger charge is -2.12. The number of anilines is 6. The largest absolute Gasteiger partial charge is 0.384 e. The third kappa shape index (κ3) is 20.0. The van der Waals surface area contributed by atoms with E-state index in [-0.39, 0.29) is 6.04 Å². The highest BCUT2D eigenvalue weighted by molar-refractivity contribution is 9.11. The van der Waals surface area contributed by atoms with E-state index in [1.54, 1.807) is 123 Å². The third-order valence-corrected chi connectivity index (χ3v) is 25.1. The van der Waals surface area contributed by atoms with Gasteiger partial charge in [0, 0.05) is 177 Å². The fourth-order valence-corrected chi connectivity index (χ4v) is 16.5. The number of rotatable bonds is 22. The van der Waals surface area contributed by atoms with Gasteiger partial charge in [0.05, 0.1) is 125 Å². The fourth-order valence-electron chi connectivity index (χ4n) is 14.3. The predicted molar refractivity (Wildman–Crippen MR) is 508 cm³/mol. The molecular formula is C80H99Br5N42. The monoisotopic (exact) mass is 2040 g/mol. The number of aromatic nitrogens is 30. The summed E-state index contributed by atoms with van der Waals surface area (Å²) in [7, 11) is 11.3. The normalized spacial score (nSPS) is 12.8. The highest BCUT2D eigenvalue weighted by Gasteiger charge is 2.26. The summed E-state index contributed by atoms with van der Waals surface area (Å²) >= 11 is 17.5. The molecule has 2 unspecified atom stereocenters. The van der Waals surface area contributed by atoms with Crippen molar-refractivity contribution in [3.8, 4) is 66.8 Å². The lowest BCUT2D eigenvalue weighted by Crippen LogP contribution is -2.19. The number of hydrogen-bond donors (Lipinski definition) is 12. The number of nitrogen functional groups attached to an aromatic ring is 6. The number of aryl methyl sites for hydroxylation is 9. The van der Waals surface area contributed by atoms with E-state index in [0.29, 0.717) is 91.1 Å². The summed E-state index contributed by atoms with van der Waals surface area (Å²) in [5.41, 5.74) is 86.2. The first-order chi connectivity index (χ1) is 61.1. The van der Waals surface area contributed by atoms with E-state index >= 15 is 0 Å². The maximum absolute atomic E-state index is 6.27. The zero-order chi connectivity index (χ0) is 90.2. The van der Waals surface area contributed by atoms with Crippen LogP contribution < -0.4 is 68.4 Å². The second kappa shape index (κ2) is 40.3. The molecule has 664 valence electrons. The van der Waals surface area contributed by atoms with Gasteiger partial charge in [0.15, 0.2) is 33.9 Å². The molecule has 0 bridgehead atoms. The van der Waals surface area contributed by atoms with E-state index < -0.39 is 0 Å². The minimum Gasteiger partial charge on any atom is -0.384 e. The lowest BCUT2D eigenvalue weighted by molar-refractivity contribution is 0.570. The second-order valence-electron chi connectivity index (χ2n) is 30.5. The standard InChI is InChI=1S/C15H18BrN7.C14H18BrN7.2C13H16BrN7.C13H17N7.C12H14BrN7/c1-22-8-10(6-19-22)11-7-20-23-14(17)13(16)12(21-15(11)23)4-9-2-3-18-5-9;1-21-8-9(6-18-21)10-7-19-22-13(17)12(15)11(20-14(10)22)4-2-3-5-16;1-7(15)3-10-11(14)12(16)21-13(19-10)9(5-18-21)8-4-17-20(2)6-8;1-20-7-8(5-17-20)9-6-18-21-12(16)11(14)10(3-2-4-15)19-13(9)21;1-19-8-9(6-16-19)11-7-17-20-12(15)5-10(3-2-4-14)18-13(11)20;1-19-6-7(4-16-19)8-5-17-20-11(15)10(13)9(2-3-14)18-12(8)20/h6-9,18H,2-5,17H2,1H3;6-8H,2-5,16-17H2,1H3;4-7H,3,15-16H2,1-2H3;5-7H,2-4,15-16H2,1H3;5-8H,2-4,14-15H2,1H3;4-6H,2-3,14-15H2,1H3. The first kappa shape index (κ1) is 91.2. The summed E-state index contributed by atoms with van der Waals surface area (Å²) < 4.78 is 24.3. The van der Waals surface area contributed by atoms with Crippen LogP contribution in [0.1, 0.15) is 73.2 Å². The van der Waals surface area contributed by atoms with Gasteiger partial charge in [0.25, 0.3) is 0 Å². The number of unbranched alkanes of at least 4 members (excludes halogenated alkanes) is 1. The average Bonchev–Trinajstić information content (AvgIpc) is 1.67. The number of nitrogens with two attached hydrogens (primary N) is 11. The quantitative estimate of drug-likeness (QED) is 0.0289. The van der Waals surface area contributed by atoms with Gasteiger partial charge in [0.1, 0.15) is 34.9 Å². The number of fused-ring (bicyclic) bond motifs is 6. The van der Waals surface area contributed by atoms with Crippen molar-refractivity contribution in [3.63, 3.8) is 0 Å². The zero-order valence-corrected chi connectivity index (χ0v) is 78.7. The van der Waals surface area contributed by atoms with Crippen LogP contribution in [-0.2, 0) is 80.8 Å². The van der Waals surface area contributed by atoms with Crippen molar-refractivity contribution in [2.75, 3.05) is 73.7 Å². The molecule has 42 nitrogen and oxygen atoms in total. The van der Waals surface area contributed by atoms with Crippen molar-refractivity contribution in [1.29, 1.82) is 0 Å². The SMILES string of the molecule is CC(N)Cc1nc2c(-c3cnn(C)c3)cnn2c(N)c1Br.Cn1cc(-c2cnn3c(N)c(Br)c(CC4CCNC4)nc23)cn1.Cn1cc(-c2cnn3c(N)c(Br)c(CCCCN)nc23)cn1.Cn1cc(-c2cnn3c(N)c(Br)c(CCCN)nc23)cn1.Cn1cc(-c2cnn3c(N)c(Br)c(CCN)nc23)cn1.Cn1cc(-c2cnn3c(N)cc(CCCN)nc23)cn1. The lowest BCUT2D eigenvalue weighted by atomic mass is 10.0. The molecule has 2 atom stereocenters. The van der Waals surface area contributed by atoms with Crippen LogP contribution >= 0.6 is 79.6 Å². The van der Waals surface area contributed by atoms with Gasteiger partial charge in [-0.25, -0.2) is 29.9 Å². The van der Waals surface area contributed by atoms with Crippen LogP contribution in [0.4, 0.5) is 34.9 Å². The van der Waals surface area contributed by atoms with E-state index in [4.69, 9.17) is 78.0 Å². The van der Waals surface area contributed by atoms with Gasteiger partial charge in [-0.1, -0.05) is 0 Å². The number of nitrogens with one attached hydrogen (secondary N) is 1. The van der Waals surface area contributed by atoms with Crippen LogP contribution in [0, 0.1) is 5.92 Å². The summed E-state index contributed by atoms with van der Waals surface area (Å²) in [5.74, 6) is 3.91. The van der Waals surface area contributed by atoms with Crippen molar-refractivity contribution in [3.05, 3.63) is 174 Å². The molecule has 1 aliphatic heterocycles. The summed E-state index contributed by atoms with van der Waals surface area (Å²) in [5, 5.41) is 54.5. The Morgan fingerprint density at radius 1 is 0.346 bits per heavy atom. The number of hydrogen-bond acceptors (Lipinski definition) is 30. The molecule has 18 aromatic heterocycles. The molecule has 1 saturated heterocycles. The van der Waals surface area contributed by atoms with E-state index in [0.717, 1.165) is 210 Å². The van der Waals surface area contributed by atoms with Gasteiger partial charge >= 0.3 is 0 Å². The van der Waals surface area contributed by atoms with Crippen LogP contribution in [0.2, 0.25) is 0 Å². The van der Waals surface area contributed by atoms with E-state index in [1.807, 2.05) is 98.7 Å². The van der Waals surface area contributed by atoms with Crippen molar-refractivity contribution in [2.24, 2.45) is 76.9 Å². The Kier molecular flexibility index (Phi) is 28.9. The minimum absolute atomic E-state index is 0.000383. The maximum Gasteiger partial charge on any atom is 0.165 e. The van der Waals surface area contributed by atoms with Gasteiger partial charge in [-0.15, -0.1) is 0 Å². The van der Waals surface area contributed by atoms with Crippen LogP contribution in [-0.4, -0.2) is 192 Å². The van der Waals surface area contributed by atoms with Gasteiger partial charge in [0.2, 0.25) is 0 Å². The molecule has 19 rings (SSSR count). The average molecular weight is 2050 g/mol. The first-order valence-corrected chi connectivity index (χ1v) is 44.5. The molecule has 23 N–H and O–H groups in total. The minimum atomic E-state index is 0.000383. The molecule has 0 radical (unpaired) electrons. The van der Waals surface area contributed by atoms with Gasteiger partial charge < -0.3 is 68.4 Å². The Hall–Kier alpha value is -12.1. The molecule has 0 amide bonds. The molecule has 0 aromatic carbocycles. The van der Waals surface area contributed by atoms with Crippen molar-refractivity contribution in [2.45, 2.75) is 83.6 Å². The molecule has 47 heteroatoms. The Labute approximate surface area is 769 Å². The van der Waals surface area contributed by atoms with Gasteiger partial charge in [-0.3, -0.25) is 28.1 Å². The Balaban J connectivity index is 0.000000124. The van der Waals surface area contributed by atoms with Crippen molar-refractivity contribution in [1.82, 2.24) is 152 Å². The van der Waals surface area contributed by atoms with Crippen LogP contribution in [0.3, 0.4) is 0 Å². The summed E-state index contributed by atoms with van der Waals surface area (Å²) in [4.78, 5) is 28.3. The molecule has 0 saturated carbocycles. The zero-order valence-electron chi connectivity index (χ0n) is 70.8. The predicted octanol–water partition coefficient (Wildman–Crippen LogP) is 7.69. The van der Waals surface area contributed by atoms with E-state index in [9.17, 15) is 0 Å². The van der Waals surface area contributed by atoms with Crippen LogP contribution in [0.25, 0.3) is 101 Å². The second-order valence-corrected chi connectivity index (χ2v) is 34.4. The molecule has 127 heavy (non-hydrogen) atoms. The molecule has 18 aromatic rings. The van der Waals surface area contributed by atoms with Gasteiger partial charge in [-0.05, 0) is 190 Å². The summed E-state index contributed by atoms with van der Waals surface area (Å²) in [6.45, 7) is 6.50. The highest BCUT2D eigenvalue weighted by Crippen LogP contribution is 2.37. The summed E-state index contributed by atoms with van der Waals surface area (Å²) in [6.07, 6.45) is 42.4.